The number of nitrogens with zero attached hydrogens (tertiary/aromatic N) is 3. The quantitative estimate of drug-likeness (QED) is 0.796. The van der Waals surface area contributed by atoms with E-state index in [0.717, 1.165) is 0 Å². The molecule has 0 amide bonds. The van der Waals surface area contributed by atoms with Crippen molar-refractivity contribution in [1.82, 2.24) is 15.0 Å². The van der Waals surface area contributed by atoms with E-state index in [9.17, 15) is 9.90 Å². The van der Waals surface area contributed by atoms with Crippen LogP contribution >= 0.6 is 0 Å². The Morgan fingerprint density at radius 3 is 2.81 bits per heavy atom. The fourth-order valence-electron chi connectivity index (χ4n) is 2.22. The number of carbonyl (C=O) groups is 1. The van der Waals surface area contributed by atoms with Gasteiger partial charge in [-0.2, -0.15) is 0 Å². The van der Waals surface area contributed by atoms with Gasteiger partial charge in [0.25, 0.3) is 0 Å². The van der Waals surface area contributed by atoms with Gasteiger partial charge in [-0.25, -0.2) is 9.48 Å². The lowest BCUT2D eigenvalue weighted by molar-refractivity contribution is 0.0698. The number of hydrogen-bond donors (Lipinski definition) is 1. The molecule has 0 radical (unpaired) electrons. The summed E-state index contributed by atoms with van der Waals surface area (Å²) in [5, 5.41) is 17.5. The highest BCUT2D eigenvalue weighted by Gasteiger charge is 2.17. The fourth-order valence-corrected chi connectivity index (χ4v) is 2.22. The summed E-state index contributed by atoms with van der Waals surface area (Å²) in [5.41, 5.74) is 1.80. The van der Waals surface area contributed by atoms with Crippen LogP contribution < -0.4 is 4.74 Å². The third-order valence-electron chi connectivity index (χ3n) is 3.09. The Labute approximate surface area is 120 Å². The number of aromatic nitrogens is 3. The second kappa shape index (κ2) is 5.24. The first-order valence-corrected chi connectivity index (χ1v) is 6.52. The van der Waals surface area contributed by atoms with Gasteiger partial charge in [0.15, 0.2) is 0 Å². The Bertz CT molecular complexity index is 811. The van der Waals surface area contributed by atoms with E-state index in [4.69, 9.17) is 4.74 Å². The molecule has 21 heavy (non-hydrogen) atoms. The highest BCUT2D eigenvalue weighted by atomic mass is 16.5. The Morgan fingerprint density at radius 2 is 2.05 bits per heavy atom. The van der Waals surface area contributed by atoms with E-state index in [1.165, 1.54) is 10.7 Å². The second-order valence-electron chi connectivity index (χ2n) is 4.38. The summed E-state index contributed by atoms with van der Waals surface area (Å²) in [6, 6.07) is 12.2. The zero-order valence-corrected chi connectivity index (χ0v) is 11.4. The van der Waals surface area contributed by atoms with Crippen molar-refractivity contribution in [2.45, 2.75) is 6.92 Å². The minimum Gasteiger partial charge on any atom is -0.492 e. The maximum Gasteiger partial charge on any atom is 0.337 e. The van der Waals surface area contributed by atoms with Gasteiger partial charge in [-0.15, -0.1) is 5.10 Å². The smallest absolute Gasteiger partial charge is 0.337 e. The summed E-state index contributed by atoms with van der Waals surface area (Å²) in [5.74, 6) is -0.384. The number of para-hydroxylation sites is 3. The zero-order chi connectivity index (χ0) is 14.8. The number of hydrogen-bond acceptors (Lipinski definition) is 4. The summed E-state index contributed by atoms with van der Waals surface area (Å²) in [6.45, 7) is 2.40. The van der Waals surface area contributed by atoms with Gasteiger partial charge in [0.1, 0.15) is 22.5 Å². The second-order valence-corrected chi connectivity index (χ2v) is 4.38. The third-order valence-corrected chi connectivity index (χ3v) is 3.09. The first-order chi connectivity index (χ1) is 10.2. The van der Waals surface area contributed by atoms with Gasteiger partial charge >= 0.3 is 5.97 Å². The molecule has 0 aliphatic heterocycles. The van der Waals surface area contributed by atoms with Gasteiger partial charge < -0.3 is 9.84 Å². The van der Waals surface area contributed by atoms with Crippen molar-refractivity contribution in [2.24, 2.45) is 0 Å². The maximum absolute atomic E-state index is 11.4. The van der Waals surface area contributed by atoms with Gasteiger partial charge in [0.2, 0.25) is 0 Å². The lowest BCUT2D eigenvalue weighted by Crippen LogP contribution is -2.05. The molecule has 0 atom stereocenters. The van der Waals surface area contributed by atoms with Crippen LogP contribution in [0.1, 0.15) is 17.3 Å². The molecule has 0 saturated heterocycles. The average molecular weight is 283 g/mol. The highest BCUT2D eigenvalue weighted by Crippen LogP contribution is 2.26. The monoisotopic (exact) mass is 283 g/mol. The number of carboxylic acid groups (broad SMARTS) is 1. The molecule has 0 aliphatic carbocycles. The minimum absolute atomic E-state index is 0.156. The molecule has 3 aromatic rings. The summed E-state index contributed by atoms with van der Waals surface area (Å²) in [4.78, 5) is 11.4. The number of fused-ring (bicyclic) bond motifs is 1. The summed E-state index contributed by atoms with van der Waals surface area (Å²) in [7, 11) is 0. The molecular formula is C15H13N3O3. The van der Waals surface area contributed by atoms with Gasteiger partial charge in [-0.3, -0.25) is 0 Å². The normalized spacial score (nSPS) is 10.7. The molecule has 2 aromatic carbocycles. The summed E-state index contributed by atoms with van der Waals surface area (Å²) >= 11 is 0. The predicted molar refractivity (Wildman–Crippen MR) is 77.0 cm³/mol. The number of benzene rings is 2. The van der Waals surface area contributed by atoms with E-state index in [2.05, 4.69) is 10.3 Å². The van der Waals surface area contributed by atoms with E-state index < -0.39 is 5.97 Å². The van der Waals surface area contributed by atoms with Crippen molar-refractivity contribution in [3.8, 4) is 11.4 Å². The Kier molecular flexibility index (Phi) is 3.27. The van der Waals surface area contributed by atoms with Crippen LogP contribution in [0.3, 0.4) is 0 Å². The van der Waals surface area contributed by atoms with E-state index in [1.54, 1.807) is 12.1 Å². The van der Waals surface area contributed by atoms with E-state index in [1.807, 2.05) is 31.2 Å². The van der Waals surface area contributed by atoms with Gasteiger partial charge in [-0.1, -0.05) is 23.4 Å². The van der Waals surface area contributed by atoms with Crippen LogP contribution in [0.2, 0.25) is 0 Å². The van der Waals surface area contributed by atoms with E-state index >= 15 is 0 Å². The van der Waals surface area contributed by atoms with Crippen molar-refractivity contribution in [3.63, 3.8) is 0 Å². The molecule has 0 fully saturated rings. The van der Waals surface area contributed by atoms with Crippen LogP contribution in [-0.4, -0.2) is 32.7 Å². The van der Waals surface area contributed by atoms with Crippen LogP contribution in [0, 0.1) is 0 Å². The molecule has 106 valence electrons. The lowest BCUT2D eigenvalue weighted by Gasteiger charge is -2.10. The summed E-state index contributed by atoms with van der Waals surface area (Å²) < 4.78 is 7.08. The van der Waals surface area contributed by atoms with Crippen molar-refractivity contribution < 1.29 is 14.6 Å². The number of carboxylic acids is 1. The van der Waals surface area contributed by atoms with E-state index in [0.29, 0.717) is 29.1 Å². The lowest BCUT2D eigenvalue weighted by atomic mass is 10.1. The molecule has 0 bridgehead atoms. The molecule has 1 heterocycles. The van der Waals surface area contributed by atoms with Crippen molar-refractivity contribution in [1.29, 1.82) is 0 Å². The summed E-state index contributed by atoms with van der Waals surface area (Å²) in [6.07, 6.45) is 0. The molecule has 0 spiro atoms. The van der Waals surface area contributed by atoms with Gasteiger partial charge in [0.05, 0.1) is 12.2 Å². The molecule has 0 unspecified atom stereocenters. The predicted octanol–water partition coefficient (Wildman–Crippen LogP) is 2.52. The topological polar surface area (TPSA) is 77.2 Å². The molecule has 1 aromatic heterocycles. The molecule has 1 N–H and O–H groups in total. The van der Waals surface area contributed by atoms with Crippen LogP contribution in [0.25, 0.3) is 16.7 Å². The van der Waals surface area contributed by atoms with Gasteiger partial charge in [-0.05, 0) is 31.2 Å². The molecule has 0 saturated carbocycles. The first-order valence-electron chi connectivity index (χ1n) is 6.52. The van der Waals surface area contributed by atoms with Gasteiger partial charge in [0, 0.05) is 0 Å². The zero-order valence-electron chi connectivity index (χ0n) is 11.4. The average Bonchev–Trinajstić information content (AvgIpc) is 2.92. The molecular weight excluding hydrogens is 270 g/mol. The molecule has 6 heteroatoms. The van der Waals surface area contributed by atoms with Crippen LogP contribution in [-0.2, 0) is 0 Å². The number of aromatic carboxylic acids is 1. The molecule has 3 rings (SSSR count). The Hall–Kier alpha value is -2.89. The minimum atomic E-state index is -1.02. The van der Waals surface area contributed by atoms with Crippen molar-refractivity contribution in [3.05, 3.63) is 48.0 Å². The number of rotatable bonds is 4. The van der Waals surface area contributed by atoms with Crippen molar-refractivity contribution >= 4 is 17.0 Å². The SMILES string of the molecule is CCOc1ccccc1-n1nnc2cccc(C(=O)O)c21. The maximum atomic E-state index is 11.4. The highest BCUT2D eigenvalue weighted by molar-refractivity contribution is 6.01. The van der Waals surface area contributed by atoms with Crippen LogP contribution in [0.15, 0.2) is 42.5 Å². The van der Waals surface area contributed by atoms with Crippen LogP contribution in [0.4, 0.5) is 0 Å². The Balaban J connectivity index is 2.29. The van der Waals surface area contributed by atoms with Crippen molar-refractivity contribution in [2.75, 3.05) is 6.61 Å². The molecule has 0 aliphatic rings. The Morgan fingerprint density at radius 1 is 1.24 bits per heavy atom. The number of ether oxygens (including phenoxy) is 1. The standard InChI is InChI=1S/C15H13N3O3/c1-2-21-13-9-4-3-8-12(13)18-14-10(15(19)20)6-5-7-11(14)16-17-18/h3-9H,2H2,1H3,(H,19,20). The fraction of sp³-hybridized carbons (Fsp3) is 0.133. The largest absolute Gasteiger partial charge is 0.492 e. The van der Waals surface area contributed by atoms with E-state index in [-0.39, 0.29) is 5.56 Å². The molecule has 6 nitrogen and oxygen atoms in total. The third kappa shape index (κ3) is 2.20. The first kappa shape index (κ1) is 13.1. The van der Waals surface area contributed by atoms with Crippen LogP contribution in [0.5, 0.6) is 5.75 Å².